The summed E-state index contributed by atoms with van der Waals surface area (Å²) in [7, 11) is 1.59. The molecule has 1 aliphatic rings. The van der Waals surface area contributed by atoms with Crippen LogP contribution in [-0.2, 0) is 15.1 Å². The van der Waals surface area contributed by atoms with Crippen molar-refractivity contribution in [3.8, 4) is 6.07 Å². The van der Waals surface area contributed by atoms with Gasteiger partial charge in [0, 0.05) is 30.7 Å². The Bertz CT molecular complexity index is 579. The summed E-state index contributed by atoms with van der Waals surface area (Å²) in [4.78, 5) is 16.4. The lowest BCUT2D eigenvalue weighted by Crippen LogP contribution is -2.48. The molecule has 0 aromatic carbocycles. The summed E-state index contributed by atoms with van der Waals surface area (Å²) in [6, 6.07) is 5.73. The lowest BCUT2D eigenvalue weighted by molar-refractivity contribution is -0.148. The summed E-state index contributed by atoms with van der Waals surface area (Å²) < 4.78 is 5.73. The number of rotatable bonds is 2. The lowest BCUT2D eigenvalue weighted by atomic mass is 9.63. The van der Waals surface area contributed by atoms with Gasteiger partial charge >= 0.3 is 0 Å². The Morgan fingerprint density at radius 2 is 2.25 bits per heavy atom. The van der Waals surface area contributed by atoms with Crippen molar-refractivity contribution in [2.24, 2.45) is 11.3 Å². The van der Waals surface area contributed by atoms with E-state index in [-0.39, 0.29) is 5.78 Å². The zero-order valence-corrected chi connectivity index (χ0v) is 12.6. The molecular weight excluding hydrogens is 276 g/mol. The number of hydrogen-bond acceptors (Lipinski definition) is 4. The van der Waals surface area contributed by atoms with Crippen LogP contribution in [0, 0.1) is 22.7 Å². The van der Waals surface area contributed by atoms with Gasteiger partial charge < -0.3 is 4.74 Å². The first-order valence-electron chi connectivity index (χ1n) is 6.46. The van der Waals surface area contributed by atoms with Crippen LogP contribution in [0.25, 0.3) is 0 Å². The van der Waals surface area contributed by atoms with Crippen LogP contribution in [0.1, 0.15) is 32.3 Å². The number of ketones is 1. The fourth-order valence-electron chi connectivity index (χ4n) is 3.07. The predicted molar refractivity (Wildman–Crippen MR) is 75.1 cm³/mol. The average Bonchev–Trinajstić information content (AvgIpc) is 2.42. The number of nitrogens with zero attached hydrogens (tertiary/aromatic N) is 2. The quantitative estimate of drug-likeness (QED) is 0.786. The zero-order chi connectivity index (χ0) is 15.0. The third kappa shape index (κ3) is 2.32. The minimum atomic E-state index is -0.747. The van der Waals surface area contributed by atoms with Crippen LogP contribution in [0.3, 0.4) is 0 Å². The molecule has 2 rings (SSSR count). The molecule has 2 atom stereocenters. The molecule has 0 aliphatic heterocycles. The third-order valence-electron chi connectivity index (χ3n) is 4.04. The summed E-state index contributed by atoms with van der Waals surface area (Å²) in [5.74, 6) is -0.720. The molecule has 1 aromatic heterocycles. The van der Waals surface area contributed by atoms with Gasteiger partial charge in [-0.2, -0.15) is 5.26 Å². The number of methoxy groups -OCH3 is 1. The summed E-state index contributed by atoms with van der Waals surface area (Å²) in [5, 5.41) is 9.62. The molecular formula is C15H17ClN2O2. The number of aromatic nitrogens is 1. The summed E-state index contributed by atoms with van der Waals surface area (Å²) in [6.07, 6.45) is 2.41. The number of halogens is 1. The second-order valence-corrected chi connectivity index (χ2v) is 6.21. The van der Waals surface area contributed by atoms with Crippen molar-refractivity contribution in [2.75, 3.05) is 7.11 Å². The second kappa shape index (κ2) is 5.16. The Balaban J connectivity index is 2.54. The average molecular weight is 293 g/mol. The summed E-state index contributed by atoms with van der Waals surface area (Å²) >= 11 is 6.19. The van der Waals surface area contributed by atoms with Gasteiger partial charge in [-0.15, -0.1) is 0 Å². The molecule has 0 N–H and O–H groups in total. The molecule has 1 fully saturated rings. The van der Waals surface area contributed by atoms with Gasteiger partial charge in [0.15, 0.2) is 5.78 Å². The molecule has 5 heteroatoms. The van der Waals surface area contributed by atoms with E-state index in [1.54, 1.807) is 19.4 Å². The van der Waals surface area contributed by atoms with Gasteiger partial charge in [0.2, 0.25) is 0 Å². The Morgan fingerprint density at radius 3 is 2.80 bits per heavy atom. The molecule has 20 heavy (non-hydrogen) atoms. The molecule has 0 bridgehead atoms. The van der Waals surface area contributed by atoms with Gasteiger partial charge in [0.25, 0.3) is 0 Å². The van der Waals surface area contributed by atoms with Crippen LogP contribution in [0.4, 0.5) is 0 Å². The molecule has 106 valence electrons. The van der Waals surface area contributed by atoms with E-state index in [1.807, 2.05) is 19.9 Å². The number of ether oxygens (including phenoxy) is 1. The molecule has 0 saturated heterocycles. The maximum Gasteiger partial charge on any atom is 0.155 e. The van der Waals surface area contributed by atoms with Crippen molar-refractivity contribution in [3.63, 3.8) is 0 Å². The zero-order valence-electron chi connectivity index (χ0n) is 11.8. The number of carbonyl (C=O) groups excluding carboxylic acids is 1. The summed E-state index contributed by atoms with van der Waals surface area (Å²) in [5.41, 5.74) is -0.637. The van der Waals surface area contributed by atoms with Crippen molar-refractivity contribution < 1.29 is 9.53 Å². The minimum Gasteiger partial charge on any atom is -0.373 e. The molecule has 1 aliphatic carbocycles. The topological polar surface area (TPSA) is 63.0 Å². The first-order valence-corrected chi connectivity index (χ1v) is 6.84. The monoisotopic (exact) mass is 292 g/mol. The molecule has 1 saturated carbocycles. The third-order valence-corrected chi connectivity index (χ3v) is 4.34. The highest BCUT2D eigenvalue weighted by atomic mass is 35.5. The van der Waals surface area contributed by atoms with E-state index >= 15 is 0 Å². The molecule has 2 unspecified atom stereocenters. The highest BCUT2D eigenvalue weighted by Gasteiger charge is 2.51. The standard InChI is InChI=1S/C15H17ClN2O2/c1-14(2)9-15(20-3,7-10(8-17)12(14)19)11-5-4-6-18-13(11)16/h4-6,10H,7,9H2,1-3H3. The molecule has 1 heterocycles. The van der Waals surface area contributed by atoms with E-state index in [0.29, 0.717) is 18.0 Å². The molecule has 4 nitrogen and oxygen atoms in total. The number of nitriles is 1. The Morgan fingerprint density at radius 1 is 1.55 bits per heavy atom. The largest absolute Gasteiger partial charge is 0.373 e. The fraction of sp³-hybridized carbons (Fsp3) is 0.533. The normalized spacial score (nSPS) is 28.9. The van der Waals surface area contributed by atoms with Crippen molar-refractivity contribution in [3.05, 3.63) is 29.0 Å². The Labute approximate surface area is 123 Å². The SMILES string of the molecule is COC1(c2cccnc2Cl)CC(C#N)C(=O)C(C)(C)C1. The first kappa shape index (κ1) is 15.0. The van der Waals surface area contributed by atoms with Gasteiger partial charge in [-0.05, 0) is 12.5 Å². The van der Waals surface area contributed by atoms with E-state index in [9.17, 15) is 10.1 Å². The molecule has 0 spiro atoms. The number of pyridine rings is 1. The Kier molecular flexibility index (Phi) is 3.86. The van der Waals surface area contributed by atoms with Crippen LogP contribution >= 0.6 is 11.6 Å². The highest BCUT2D eigenvalue weighted by Crippen LogP contribution is 2.49. The Hall–Kier alpha value is -1.44. The van der Waals surface area contributed by atoms with Crippen LogP contribution in [0.5, 0.6) is 0 Å². The van der Waals surface area contributed by atoms with E-state index in [1.165, 1.54) is 0 Å². The van der Waals surface area contributed by atoms with Crippen molar-refractivity contribution in [2.45, 2.75) is 32.3 Å². The number of hydrogen-bond donors (Lipinski definition) is 0. The second-order valence-electron chi connectivity index (χ2n) is 5.85. The van der Waals surface area contributed by atoms with Crippen molar-refractivity contribution >= 4 is 17.4 Å². The van der Waals surface area contributed by atoms with Gasteiger partial charge in [-0.25, -0.2) is 4.98 Å². The van der Waals surface area contributed by atoms with E-state index in [0.717, 1.165) is 5.56 Å². The smallest absolute Gasteiger partial charge is 0.155 e. The molecule has 1 aromatic rings. The van der Waals surface area contributed by atoms with Crippen LogP contribution in [0.2, 0.25) is 5.15 Å². The van der Waals surface area contributed by atoms with Crippen LogP contribution < -0.4 is 0 Å². The van der Waals surface area contributed by atoms with Crippen LogP contribution in [0.15, 0.2) is 18.3 Å². The molecule has 0 amide bonds. The van der Waals surface area contributed by atoms with E-state index < -0.39 is 16.9 Å². The first-order chi connectivity index (χ1) is 9.36. The maximum atomic E-state index is 12.3. The fourth-order valence-corrected chi connectivity index (χ4v) is 3.36. The maximum absolute atomic E-state index is 12.3. The van der Waals surface area contributed by atoms with Gasteiger partial charge in [0.1, 0.15) is 11.1 Å². The van der Waals surface area contributed by atoms with Crippen molar-refractivity contribution in [1.82, 2.24) is 4.98 Å². The number of Topliss-reactive ketones (excluding diaryl/α,β-unsaturated/α-hetero) is 1. The molecule has 0 radical (unpaired) electrons. The highest BCUT2D eigenvalue weighted by molar-refractivity contribution is 6.30. The number of carbonyl (C=O) groups is 1. The minimum absolute atomic E-state index is 0.0345. The van der Waals surface area contributed by atoms with E-state index in [2.05, 4.69) is 11.1 Å². The van der Waals surface area contributed by atoms with Gasteiger partial charge in [-0.3, -0.25) is 4.79 Å². The predicted octanol–water partition coefficient (Wildman–Crippen LogP) is 3.11. The van der Waals surface area contributed by atoms with E-state index in [4.69, 9.17) is 16.3 Å². The van der Waals surface area contributed by atoms with Crippen LogP contribution in [-0.4, -0.2) is 17.9 Å². The van der Waals surface area contributed by atoms with Gasteiger partial charge in [-0.1, -0.05) is 31.5 Å². The lowest BCUT2D eigenvalue weighted by Gasteiger charge is -2.45. The summed E-state index contributed by atoms with van der Waals surface area (Å²) in [6.45, 7) is 3.69. The van der Waals surface area contributed by atoms with Gasteiger partial charge in [0.05, 0.1) is 11.7 Å². The van der Waals surface area contributed by atoms with Crippen molar-refractivity contribution in [1.29, 1.82) is 5.26 Å².